The van der Waals surface area contributed by atoms with Crippen LogP contribution < -0.4 is 10.6 Å². The number of carbonyl (C=O) groups excluding carboxylic acids is 2. The van der Waals surface area contributed by atoms with Gasteiger partial charge in [-0.05, 0) is 11.6 Å². The van der Waals surface area contributed by atoms with Crippen molar-refractivity contribution in [1.82, 2.24) is 10.6 Å². The maximum Gasteiger partial charge on any atom is 0.437 e. The number of halogens is 4. The van der Waals surface area contributed by atoms with Crippen molar-refractivity contribution in [3.8, 4) is 0 Å². The van der Waals surface area contributed by atoms with Gasteiger partial charge in [0.2, 0.25) is 5.72 Å². The molecular formula is C18H14ClF3N2O3. The van der Waals surface area contributed by atoms with Gasteiger partial charge < -0.3 is 15.7 Å². The molecule has 0 saturated carbocycles. The molecule has 0 aromatic heterocycles. The number of carbonyl (C=O) groups is 2. The maximum atomic E-state index is 13.7. The minimum absolute atomic E-state index is 0.0415. The van der Waals surface area contributed by atoms with E-state index in [9.17, 15) is 27.9 Å². The largest absolute Gasteiger partial charge is 0.437 e. The standard InChI is InChI=1S/C18H14ClF3N2O3/c19-12-9-5-4-8-11(12)14-13(15(25)10-6-2-1-3-7-10)17(27,18(20,21)22)24-16(26)23-14/h1-9,13-14,27H,(H2,23,24,26). The molecule has 2 aromatic rings. The summed E-state index contributed by atoms with van der Waals surface area (Å²) in [6.07, 6.45) is -5.31. The summed E-state index contributed by atoms with van der Waals surface area (Å²) in [5.74, 6) is -3.09. The average Bonchev–Trinajstić information content (AvgIpc) is 2.61. The van der Waals surface area contributed by atoms with Crippen molar-refractivity contribution < 1.29 is 27.9 Å². The molecule has 9 heteroatoms. The van der Waals surface area contributed by atoms with E-state index in [1.54, 1.807) is 12.1 Å². The Morgan fingerprint density at radius 3 is 2.26 bits per heavy atom. The first kappa shape index (κ1) is 19.2. The Labute approximate surface area is 157 Å². The molecule has 3 unspecified atom stereocenters. The van der Waals surface area contributed by atoms with Crippen molar-refractivity contribution in [3.63, 3.8) is 0 Å². The molecule has 1 aliphatic rings. The van der Waals surface area contributed by atoms with E-state index >= 15 is 0 Å². The molecule has 3 rings (SSSR count). The second-order valence-electron chi connectivity index (χ2n) is 6.07. The minimum atomic E-state index is -5.31. The minimum Gasteiger partial charge on any atom is -0.363 e. The van der Waals surface area contributed by atoms with Gasteiger partial charge in [-0.15, -0.1) is 0 Å². The molecule has 3 N–H and O–H groups in total. The number of urea groups is 1. The smallest absolute Gasteiger partial charge is 0.363 e. The van der Waals surface area contributed by atoms with Crippen molar-refractivity contribution in [1.29, 1.82) is 0 Å². The molecule has 2 aromatic carbocycles. The summed E-state index contributed by atoms with van der Waals surface area (Å²) in [7, 11) is 0. The third kappa shape index (κ3) is 3.38. The van der Waals surface area contributed by atoms with Crippen molar-refractivity contribution in [2.24, 2.45) is 5.92 Å². The van der Waals surface area contributed by atoms with E-state index in [0.29, 0.717) is 0 Å². The highest BCUT2D eigenvalue weighted by Gasteiger charge is 2.66. The number of hydrogen-bond acceptors (Lipinski definition) is 3. The number of aliphatic hydroxyl groups is 1. The van der Waals surface area contributed by atoms with Crippen LogP contribution >= 0.6 is 11.6 Å². The Morgan fingerprint density at radius 1 is 1.07 bits per heavy atom. The van der Waals surface area contributed by atoms with E-state index < -0.39 is 35.7 Å². The summed E-state index contributed by atoms with van der Waals surface area (Å²) in [5.41, 5.74) is -3.72. The number of ketones is 1. The zero-order valence-electron chi connectivity index (χ0n) is 13.6. The number of Topliss-reactive ketones (excluding diaryl/α,β-unsaturated/α-hetero) is 1. The third-order valence-corrected chi connectivity index (χ3v) is 4.73. The van der Waals surface area contributed by atoms with Gasteiger partial charge in [-0.2, -0.15) is 13.2 Å². The van der Waals surface area contributed by atoms with Gasteiger partial charge in [-0.3, -0.25) is 4.79 Å². The fourth-order valence-electron chi connectivity index (χ4n) is 3.11. The molecule has 0 spiro atoms. The number of alkyl halides is 3. The Morgan fingerprint density at radius 2 is 1.67 bits per heavy atom. The van der Waals surface area contributed by atoms with Crippen LogP contribution in [-0.4, -0.2) is 28.8 Å². The highest BCUT2D eigenvalue weighted by atomic mass is 35.5. The fraction of sp³-hybridized carbons (Fsp3) is 0.222. The van der Waals surface area contributed by atoms with Crippen LogP contribution in [0.3, 0.4) is 0 Å². The van der Waals surface area contributed by atoms with E-state index in [2.05, 4.69) is 5.32 Å². The summed E-state index contributed by atoms with van der Waals surface area (Å²) in [4.78, 5) is 24.9. The topological polar surface area (TPSA) is 78.4 Å². The van der Waals surface area contributed by atoms with Crippen LogP contribution in [-0.2, 0) is 0 Å². The fourth-order valence-corrected chi connectivity index (χ4v) is 3.36. The molecule has 5 nitrogen and oxygen atoms in total. The van der Waals surface area contributed by atoms with E-state index in [-0.39, 0.29) is 16.1 Å². The molecule has 27 heavy (non-hydrogen) atoms. The van der Waals surface area contributed by atoms with Crippen molar-refractivity contribution in [3.05, 3.63) is 70.7 Å². The lowest BCUT2D eigenvalue weighted by atomic mass is 9.77. The van der Waals surface area contributed by atoms with E-state index in [1.165, 1.54) is 47.8 Å². The highest BCUT2D eigenvalue weighted by Crippen LogP contribution is 2.45. The third-order valence-electron chi connectivity index (χ3n) is 4.39. The van der Waals surface area contributed by atoms with Gasteiger partial charge in [0, 0.05) is 10.6 Å². The van der Waals surface area contributed by atoms with E-state index in [1.807, 2.05) is 0 Å². The Balaban J connectivity index is 2.19. The van der Waals surface area contributed by atoms with Crippen LogP contribution in [0.5, 0.6) is 0 Å². The van der Waals surface area contributed by atoms with E-state index in [4.69, 9.17) is 11.6 Å². The summed E-state index contributed by atoms with van der Waals surface area (Å²) in [6, 6.07) is 10.3. The number of rotatable bonds is 3. The maximum absolute atomic E-state index is 13.7. The van der Waals surface area contributed by atoms with Gasteiger partial charge in [-0.25, -0.2) is 4.79 Å². The Bertz CT molecular complexity index is 876. The zero-order valence-corrected chi connectivity index (χ0v) is 14.4. The highest BCUT2D eigenvalue weighted by molar-refractivity contribution is 6.31. The molecule has 2 amide bonds. The molecule has 0 aliphatic carbocycles. The molecular weight excluding hydrogens is 385 g/mol. The number of amides is 2. The van der Waals surface area contributed by atoms with Gasteiger partial charge >= 0.3 is 12.2 Å². The number of hydrogen-bond donors (Lipinski definition) is 3. The first-order chi connectivity index (χ1) is 12.6. The SMILES string of the molecule is O=C1NC(c2ccccc2Cl)C(C(=O)c2ccccc2)C(O)(C(F)(F)F)N1. The van der Waals surface area contributed by atoms with Crippen LogP contribution in [0.4, 0.5) is 18.0 Å². The van der Waals surface area contributed by atoms with Crippen molar-refractivity contribution in [2.75, 3.05) is 0 Å². The molecule has 3 atom stereocenters. The second kappa shape index (κ2) is 6.86. The lowest BCUT2D eigenvalue weighted by molar-refractivity contribution is -0.287. The van der Waals surface area contributed by atoms with Crippen molar-refractivity contribution >= 4 is 23.4 Å². The number of nitrogens with one attached hydrogen (secondary N) is 2. The lowest BCUT2D eigenvalue weighted by Gasteiger charge is -2.45. The van der Waals surface area contributed by atoms with Gasteiger partial charge in [0.1, 0.15) is 5.92 Å². The van der Waals surface area contributed by atoms with Gasteiger partial charge in [0.05, 0.1) is 6.04 Å². The van der Waals surface area contributed by atoms with Crippen LogP contribution in [0.2, 0.25) is 5.02 Å². The Hall–Kier alpha value is -2.58. The molecule has 0 bridgehead atoms. The molecule has 1 aliphatic heterocycles. The molecule has 1 fully saturated rings. The summed E-state index contributed by atoms with van der Waals surface area (Å²) < 4.78 is 41.2. The Kier molecular flexibility index (Phi) is 4.88. The first-order valence-electron chi connectivity index (χ1n) is 7.86. The summed E-state index contributed by atoms with van der Waals surface area (Å²) >= 11 is 6.08. The van der Waals surface area contributed by atoms with Gasteiger partial charge in [0.25, 0.3) is 0 Å². The lowest BCUT2D eigenvalue weighted by Crippen LogP contribution is -2.72. The van der Waals surface area contributed by atoms with Crippen LogP contribution in [0.15, 0.2) is 54.6 Å². The molecule has 142 valence electrons. The predicted octanol–water partition coefficient (Wildman–Crippen LogP) is 3.44. The average molecular weight is 399 g/mol. The summed E-state index contributed by atoms with van der Waals surface area (Å²) in [5, 5.41) is 14.2. The first-order valence-corrected chi connectivity index (χ1v) is 8.24. The van der Waals surface area contributed by atoms with Gasteiger partial charge in [-0.1, -0.05) is 60.1 Å². The molecule has 0 radical (unpaired) electrons. The molecule has 1 saturated heterocycles. The second-order valence-corrected chi connectivity index (χ2v) is 6.48. The van der Waals surface area contributed by atoms with Crippen molar-refractivity contribution in [2.45, 2.75) is 17.9 Å². The number of benzene rings is 2. The van der Waals surface area contributed by atoms with Crippen LogP contribution in [0, 0.1) is 5.92 Å². The normalized spacial score (nSPS) is 25.4. The quantitative estimate of drug-likeness (QED) is 0.693. The van der Waals surface area contributed by atoms with Crippen LogP contribution in [0.25, 0.3) is 0 Å². The monoisotopic (exact) mass is 398 g/mol. The molecule has 1 heterocycles. The zero-order chi connectivity index (χ0) is 19.8. The van der Waals surface area contributed by atoms with Gasteiger partial charge in [0.15, 0.2) is 5.78 Å². The summed E-state index contributed by atoms with van der Waals surface area (Å²) in [6.45, 7) is 0. The predicted molar refractivity (Wildman–Crippen MR) is 91.1 cm³/mol. The van der Waals surface area contributed by atoms with Crippen LogP contribution in [0.1, 0.15) is 22.0 Å². The van der Waals surface area contributed by atoms with E-state index in [0.717, 1.165) is 0 Å².